The van der Waals surface area contributed by atoms with Crippen LogP contribution in [0.4, 0.5) is 8.78 Å². The summed E-state index contributed by atoms with van der Waals surface area (Å²) in [7, 11) is 0. The van der Waals surface area contributed by atoms with Gasteiger partial charge in [-0.05, 0) is 24.3 Å². The average molecular weight is 211 g/mol. The Hall–Kier alpha value is -1.91. The number of aromatic nitrogens is 1. The Morgan fingerprint density at radius 1 is 1.20 bits per heavy atom. The summed E-state index contributed by atoms with van der Waals surface area (Å²) < 4.78 is 32.7. The standard InChI is InChI=1S/C10H7F2NO2/c11-10(12)15-8-3-1-7(2-4-8)9-5-14-6-13-9/h1-6,10H. The van der Waals surface area contributed by atoms with E-state index in [0.717, 1.165) is 5.56 Å². The highest BCUT2D eigenvalue weighted by atomic mass is 19.3. The molecule has 1 heterocycles. The van der Waals surface area contributed by atoms with Crippen molar-refractivity contribution in [3.63, 3.8) is 0 Å². The summed E-state index contributed by atoms with van der Waals surface area (Å²) in [4.78, 5) is 3.92. The van der Waals surface area contributed by atoms with Crippen LogP contribution in [0.5, 0.6) is 5.75 Å². The molecule has 0 atom stereocenters. The maximum absolute atomic E-state index is 11.8. The summed E-state index contributed by atoms with van der Waals surface area (Å²) in [5, 5.41) is 0. The van der Waals surface area contributed by atoms with Crippen molar-refractivity contribution in [2.45, 2.75) is 6.61 Å². The number of hydrogen-bond donors (Lipinski definition) is 0. The van der Waals surface area contributed by atoms with Crippen molar-refractivity contribution < 1.29 is 17.9 Å². The van der Waals surface area contributed by atoms with Crippen molar-refractivity contribution in [2.24, 2.45) is 0 Å². The number of hydrogen-bond acceptors (Lipinski definition) is 3. The van der Waals surface area contributed by atoms with E-state index in [0.29, 0.717) is 5.69 Å². The molecule has 1 aromatic carbocycles. The Morgan fingerprint density at radius 3 is 2.47 bits per heavy atom. The Labute approximate surface area is 84.3 Å². The first-order valence-electron chi connectivity index (χ1n) is 4.19. The van der Waals surface area contributed by atoms with Gasteiger partial charge in [0.15, 0.2) is 6.39 Å². The van der Waals surface area contributed by atoms with E-state index >= 15 is 0 Å². The van der Waals surface area contributed by atoms with Crippen LogP contribution in [0.3, 0.4) is 0 Å². The molecule has 0 N–H and O–H groups in total. The fourth-order valence-electron chi connectivity index (χ4n) is 1.16. The van der Waals surface area contributed by atoms with Gasteiger partial charge in [-0.1, -0.05) is 0 Å². The molecule has 2 rings (SSSR count). The van der Waals surface area contributed by atoms with Crippen LogP contribution in [0.15, 0.2) is 41.3 Å². The first-order valence-corrected chi connectivity index (χ1v) is 4.19. The largest absolute Gasteiger partial charge is 0.451 e. The molecule has 0 saturated heterocycles. The van der Waals surface area contributed by atoms with Gasteiger partial charge < -0.3 is 9.15 Å². The van der Waals surface area contributed by atoms with Crippen LogP contribution in [0.2, 0.25) is 0 Å². The van der Waals surface area contributed by atoms with E-state index in [4.69, 9.17) is 4.42 Å². The third-order valence-electron chi connectivity index (χ3n) is 1.81. The molecule has 0 aliphatic carbocycles. The number of benzene rings is 1. The number of nitrogens with zero attached hydrogens (tertiary/aromatic N) is 1. The maximum Gasteiger partial charge on any atom is 0.387 e. The fourth-order valence-corrected chi connectivity index (χ4v) is 1.16. The van der Waals surface area contributed by atoms with Crippen molar-refractivity contribution in [3.05, 3.63) is 36.9 Å². The highest BCUT2D eigenvalue weighted by Gasteiger charge is 2.05. The molecule has 15 heavy (non-hydrogen) atoms. The molecule has 5 heteroatoms. The van der Waals surface area contributed by atoms with Gasteiger partial charge in [0.1, 0.15) is 17.7 Å². The normalized spacial score (nSPS) is 10.6. The van der Waals surface area contributed by atoms with Crippen molar-refractivity contribution in [2.75, 3.05) is 0 Å². The molecule has 0 aliphatic rings. The van der Waals surface area contributed by atoms with E-state index in [1.54, 1.807) is 12.1 Å². The molecule has 78 valence electrons. The van der Waals surface area contributed by atoms with Crippen molar-refractivity contribution in [3.8, 4) is 17.0 Å². The van der Waals surface area contributed by atoms with Gasteiger partial charge in [0, 0.05) is 5.56 Å². The van der Waals surface area contributed by atoms with Gasteiger partial charge >= 0.3 is 6.61 Å². The summed E-state index contributed by atoms with van der Waals surface area (Å²) in [5.74, 6) is 0.122. The predicted molar refractivity (Wildman–Crippen MR) is 48.6 cm³/mol. The molecule has 1 aromatic heterocycles. The Morgan fingerprint density at radius 2 is 1.93 bits per heavy atom. The Balaban J connectivity index is 2.17. The lowest BCUT2D eigenvalue weighted by atomic mass is 10.2. The second-order valence-electron chi connectivity index (χ2n) is 2.78. The minimum absolute atomic E-state index is 0.122. The Kier molecular flexibility index (Phi) is 2.62. The third kappa shape index (κ3) is 2.31. The SMILES string of the molecule is FC(F)Oc1ccc(-c2cocn2)cc1. The van der Waals surface area contributed by atoms with Crippen LogP contribution in [-0.4, -0.2) is 11.6 Å². The van der Waals surface area contributed by atoms with Gasteiger partial charge in [-0.2, -0.15) is 8.78 Å². The molecule has 3 nitrogen and oxygen atoms in total. The zero-order chi connectivity index (χ0) is 10.7. The van der Waals surface area contributed by atoms with Crippen molar-refractivity contribution in [1.82, 2.24) is 4.98 Å². The monoisotopic (exact) mass is 211 g/mol. The van der Waals surface area contributed by atoms with Crippen LogP contribution in [0.25, 0.3) is 11.3 Å². The molecule has 0 aliphatic heterocycles. The summed E-state index contributed by atoms with van der Waals surface area (Å²) >= 11 is 0. The minimum Gasteiger partial charge on any atom is -0.451 e. The second kappa shape index (κ2) is 4.08. The van der Waals surface area contributed by atoms with Gasteiger partial charge in [-0.3, -0.25) is 0 Å². The first-order chi connectivity index (χ1) is 7.25. The van der Waals surface area contributed by atoms with Crippen molar-refractivity contribution >= 4 is 0 Å². The van der Waals surface area contributed by atoms with Crippen LogP contribution >= 0.6 is 0 Å². The first kappa shape index (κ1) is 9.64. The minimum atomic E-state index is -2.80. The lowest BCUT2D eigenvalue weighted by molar-refractivity contribution is -0.0498. The number of oxazole rings is 1. The quantitative estimate of drug-likeness (QED) is 0.782. The molecule has 0 amide bonds. The zero-order valence-electron chi connectivity index (χ0n) is 7.56. The van der Waals surface area contributed by atoms with Gasteiger partial charge in [0.05, 0.1) is 0 Å². The predicted octanol–water partition coefficient (Wildman–Crippen LogP) is 2.94. The average Bonchev–Trinajstić information content (AvgIpc) is 2.71. The molecular weight excluding hydrogens is 204 g/mol. The topological polar surface area (TPSA) is 35.3 Å². The molecule has 0 spiro atoms. The van der Waals surface area contributed by atoms with E-state index in [1.165, 1.54) is 24.8 Å². The van der Waals surface area contributed by atoms with Gasteiger partial charge in [0.2, 0.25) is 0 Å². The van der Waals surface area contributed by atoms with E-state index < -0.39 is 6.61 Å². The molecule has 0 radical (unpaired) electrons. The van der Waals surface area contributed by atoms with Gasteiger partial charge in [-0.25, -0.2) is 4.98 Å². The van der Waals surface area contributed by atoms with Gasteiger partial charge in [0.25, 0.3) is 0 Å². The molecule has 0 bridgehead atoms. The van der Waals surface area contributed by atoms with E-state index in [2.05, 4.69) is 9.72 Å². The Bertz CT molecular complexity index is 411. The highest BCUT2D eigenvalue weighted by Crippen LogP contribution is 2.21. The summed E-state index contributed by atoms with van der Waals surface area (Å²) in [6.45, 7) is -2.80. The van der Waals surface area contributed by atoms with Crippen LogP contribution in [-0.2, 0) is 0 Å². The summed E-state index contributed by atoms with van der Waals surface area (Å²) in [6.07, 6.45) is 2.78. The van der Waals surface area contributed by atoms with Crippen LogP contribution in [0.1, 0.15) is 0 Å². The van der Waals surface area contributed by atoms with Crippen LogP contribution < -0.4 is 4.74 Å². The lowest BCUT2D eigenvalue weighted by Gasteiger charge is -2.03. The molecule has 2 aromatic rings. The lowest BCUT2D eigenvalue weighted by Crippen LogP contribution is -2.01. The number of halogens is 2. The van der Waals surface area contributed by atoms with Gasteiger partial charge in [-0.15, -0.1) is 0 Å². The number of ether oxygens (including phenoxy) is 1. The third-order valence-corrected chi connectivity index (χ3v) is 1.81. The zero-order valence-corrected chi connectivity index (χ0v) is 7.56. The summed E-state index contributed by atoms with van der Waals surface area (Å²) in [5.41, 5.74) is 1.43. The smallest absolute Gasteiger partial charge is 0.387 e. The number of alkyl halides is 2. The maximum atomic E-state index is 11.8. The van der Waals surface area contributed by atoms with Crippen molar-refractivity contribution in [1.29, 1.82) is 0 Å². The second-order valence-corrected chi connectivity index (χ2v) is 2.78. The molecule has 0 saturated carbocycles. The highest BCUT2D eigenvalue weighted by molar-refractivity contribution is 5.58. The van der Waals surface area contributed by atoms with E-state index in [-0.39, 0.29) is 5.75 Å². The van der Waals surface area contributed by atoms with E-state index in [1.807, 2.05) is 0 Å². The fraction of sp³-hybridized carbons (Fsp3) is 0.100. The van der Waals surface area contributed by atoms with E-state index in [9.17, 15) is 8.78 Å². The molecular formula is C10H7F2NO2. The summed E-state index contributed by atoms with van der Waals surface area (Å²) in [6, 6.07) is 6.18. The molecule has 0 unspecified atom stereocenters. The number of rotatable bonds is 3. The van der Waals surface area contributed by atoms with Crippen LogP contribution in [0, 0.1) is 0 Å². The molecule has 0 fully saturated rings.